The Morgan fingerprint density at radius 3 is 2.00 bits per heavy atom. The zero-order valence-corrected chi connectivity index (χ0v) is 22.1. The highest BCUT2D eigenvalue weighted by atomic mass is 16.5. The Balaban J connectivity index is 1.84. The van der Waals surface area contributed by atoms with E-state index >= 15 is 0 Å². The normalized spacial score (nSPS) is 11.9. The molecule has 2 atom stereocenters. The Bertz CT molecular complexity index is 1220. The topological polar surface area (TPSA) is 189 Å². The lowest BCUT2D eigenvalue weighted by Gasteiger charge is -2.24. The van der Waals surface area contributed by atoms with E-state index in [0.29, 0.717) is 5.01 Å². The number of ether oxygens (including phenoxy) is 1. The molecule has 2 aromatic carbocycles. The number of hydrogen-bond donors (Lipinski definition) is 5. The molecule has 0 aromatic heterocycles. The number of carbonyl (C=O) groups excluding carboxylic acids is 6. The SMILES string of the molecule is C[C@H](NC(=O)OCc1ccccc1)C(=O)N[C@@H](C)C(=O)NN(CC(N)=O)C(=O)/C=C/C(=O)NCc1ccccc1. The first-order valence-electron chi connectivity index (χ1n) is 12.2. The summed E-state index contributed by atoms with van der Waals surface area (Å²) in [5, 5.41) is 7.93. The van der Waals surface area contributed by atoms with E-state index in [1.807, 2.05) is 36.4 Å². The molecule has 0 saturated heterocycles. The van der Waals surface area contributed by atoms with Crippen molar-refractivity contribution in [3.63, 3.8) is 0 Å². The molecular weight excluding hydrogens is 520 g/mol. The Hall–Kier alpha value is -5.20. The maximum Gasteiger partial charge on any atom is 0.408 e. The van der Waals surface area contributed by atoms with Crippen molar-refractivity contribution >= 4 is 35.6 Å². The maximum atomic E-state index is 12.6. The minimum atomic E-state index is -1.18. The molecule has 6 N–H and O–H groups in total. The molecule has 0 heterocycles. The van der Waals surface area contributed by atoms with Gasteiger partial charge in [-0.15, -0.1) is 0 Å². The van der Waals surface area contributed by atoms with Crippen molar-refractivity contribution in [3.8, 4) is 0 Å². The average Bonchev–Trinajstić information content (AvgIpc) is 2.94. The molecule has 13 nitrogen and oxygen atoms in total. The minimum Gasteiger partial charge on any atom is -0.445 e. The lowest BCUT2D eigenvalue weighted by molar-refractivity contribution is -0.142. The third kappa shape index (κ3) is 11.5. The Labute approximate surface area is 231 Å². The van der Waals surface area contributed by atoms with Crippen LogP contribution in [0.5, 0.6) is 0 Å². The van der Waals surface area contributed by atoms with Gasteiger partial charge < -0.3 is 26.4 Å². The Morgan fingerprint density at radius 2 is 1.40 bits per heavy atom. The number of benzene rings is 2. The summed E-state index contributed by atoms with van der Waals surface area (Å²) >= 11 is 0. The highest BCUT2D eigenvalue weighted by molar-refractivity contribution is 5.99. The number of carbonyl (C=O) groups is 6. The molecule has 0 aliphatic carbocycles. The molecule has 40 heavy (non-hydrogen) atoms. The highest BCUT2D eigenvalue weighted by Gasteiger charge is 2.24. The van der Waals surface area contributed by atoms with Gasteiger partial charge in [0.25, 0.3) is 11.8 Å². The fraction of sp³-hybridized carbons (Fsp3) is 0.259. The van der Waals surface area contributed by atoms with Gasteiger partial charge in [0.2, 0.25) is 17.7 Å². The average molecular weight is 553 g/mol. The molecule has 0 aliphatic rings. The predicted octanol–water partition coefficient (Wildman–Crippen LogP) is 0.0237. The van der Waals surface area contributed by atoms with Gasteiger partial charge in [0.1, 0.15) is 25.2 Å². The van der Waals surface area contributed by atoms with E-state index in [-0.39, 0.29) is 13.2 Å². The first kappa shape index (κ1) is 31.0. The van der Waals surface area contributed by atoms with E-state index in [2.05, 4.69) is 21.4 Å². The summed E-state index contributed by atoms with van der Waals surface area (Å²) in [6, 6.07) is 15.8. The van der Waals surface area contributed by atoms with Crippen molar-refractivity contribution in [2.24, 2.45) is 5.73 Å². The number of alkyl carbamates (subject to hydrolysis) is 1. The molecule has 0 bridgehead atoms. The van der Waals surface area contributed by atoms with E-state index in [1.165, 1.54) is 13.8 Å². The van der Waals surface area contributed by atoms with Gasteiger partial charge in [0, 0.05) is 18.7 Å². The second-order valence-electron chi connectivity index (χ2n) is 8.56. The summed E-state index contributed by atoms with van der Waals surface area (Å²) in [6.07, 6.45) is 0.974. The van der Waals surface area contributed by atoms with Crippen LogP contribution in [0, 0.1) is 0 Å². The molecule has 0 saturated carbocycles. The van der Waals surface area contributed by atoms with Crippen molar-refractivity contribution in [1.29, 1.82) is 0 Å². The van der Waals surface area contributed by atoms with Gasteiger partial charge in [-0.1, -0.05) is 60.7 Å². The first-order chi connectivity index (χ1) is 19.0. The van der Waals surface area contributed by atoms with Crippen molar-refractivity contribution in [3.05, 3.63) is 83.9 Å². The summed E-state index contributed by atoms with van der Waals surface area (Å²) in [5.41, 5.74) is 8.97. The third-order valence-corrected chi connectivity index (χ3v) is 5.20. The highest BCUT2D eigenvalue weighted by Crippen LogP contribution is 2.01. The summed E-state index contributed by atoms with van der Waals surface area (Å²) in [6.45, 7) is 2.27. The number of rotatable bonds is 12. The van der Waals surface area contributed by atoms with Crippen LogP contribution in [0.25, 0.3) is 0 Å². The van der Waals surface area contributed by atoms with Crippen LogP contribution in [0.4, 0.5) is 4.79 Å². The number of nitrogens with zero attached hydrogens (tertiary/aromatic N) is 1. The molecule has 13 heteroatoms. The molecule has 0 spiro atoms. The predicted molar refractivity (Wildman–Crippen MR) is 143 cm³/mol. The number of nitrogens with one attached hydrogen (secondary N) is 4. The van der Waals surface area contributed by atoms with E-state index in [9.17, 15) is 28.8 Å². The molecule has 212 valence electrons. The van der Waals surface area contributed by atoms with Crippen molar-refractivity contribution in [2.45, 2.75) is 39.1 Å². The van der Waals surface area contributed by atoms with Gasteiger partial charge in [0.15, 0.2) is 0 Å². The van der Waals surface area contributed by atoms with Crippen molar-refractivity contribution in [1.82, 2.24) is 26.4 Å². The second-order valence-corrected chi connectivity index (χ2v) is 8.56. The van der Waals surface area contributed by atoms with Gasteiger partial charge in [-0.25, -0.2) is 9.80 Å². The molecule has 0 fully saturated rings. The van der Waals surface area contributed by atoms with Gasteiger partial charge in [-0.05, 0) is 25.0 Å². The molecule has 6 amide bonds. The van der Waals surface area contributed by atoms with Crippen molar-refractivity contribution < 1.29 is 33.5 Å². The van der Waals surface area contributed by atoms with E-state index in [1.54, 1.807) is 24.3 Å². The fourth-order valence-electron chi connectivity index (χ4n) is 3.05. The third-order valence-electron chi connectivity index (χ3n) is 5.20. The lowest BCUT2D eigenvalue weighted by Crippen LogP contribution is -2.56. The van der Waals surface area contributed by atoms with Gasteiger partial charge in [-0.3, -0.25) is 29.4 Å². The smallest absolute Gasteiger partial charge is 0.408 e. The molecule has 2 rings (SSSR count). The number of hydrazine groups is 1. The zero-order chi connectivity index (χ0) is 29.5. The van der Waals surface area contributed by atoms with E-state index < -0.39 is 54.3 Å². The van der Waals surface area contributed by atoms with Gasteiger partial charge in [-0.2, -0.15) is 0 Å². The summed E-state index contributed by atoms with van der Waals surface area (Å²) in [7, 11) is 0. The maximum absolute atomic E-state index is 12.6. The van der Waals surface area contributed by atoms with Crippen molar-refractivity contribution in [2.75, 3.05) is 6.54 Å². The minimum absolute atomic E-state index is 0.00663. The monoisotopic (exact) mass is 552 g/mol. The second kappa shape index (κ2) is 15.9. The molecule has 0 aliphatic heterocycles. The zero-order valence-electron chi connectivity index (χ0n) is 22.1. The van der Waals surface area contributed by atoms with Gasteiger partial charge >= 0.3 is 6.09 Å². The molecule has 0 unspecified atom stereocenters. The Kier molecular flexibility index (Phi) is 12.3. The molecule has 0 radical (unpaired) electrons. The summed E-state index contributed by atoms with van der Waals surface area (Å²) in [4.78, 5) is 73.0. The van der Waals surface area contributed by atoms with Crippen LogP contribution in [0.3, 0.4) is 0 Å². The standard InChI is InChI=1S/C27H32N6O7/c1-18(31-27(39)40-17-21-11-7-4-8-12-21)25(37)30-19(2)26(38)32-33(16-22(28)34)24(36)14-13-23(35)29-15-20-9-5-3-6-10-20/h3-14,18-19H,15-17H2,1-2H3,(H2,28,34)(H,29,35)(H,30,37)(H,31,39)(H,32,38)/b14-13+/t18-,19-/m0/s1. The first-order valence-corrected chi connectivity index (χ1v) is 12.2. The molecule has 2 aromatic rings. The summed E-state index contributed by atoms with van der Waals surface area (Å²) in [5.74, 6) is -3.98. The van der Waals surface area contributed by atoms with Crippen LogP contribution in [-0.4, -0.2) is 59.3 Å². The van der Waals surface area contributed by atoms with Crippen LogP contribution < -0.4 is 27.1 Å². The lowest BCUT2D eigenvalue weighted by atomic mass is 10.2. The Morgan fingerprint density at radius 1 is 0.825 bits per heavy atom. The van der Waals surface area contributed by atoms with Crippen LogP contribution in [0.15, 0.2) is 72.8 Å². The number of hydrogen-bond acceptors (Lipinski definition) is 7. The van der Waals surface area contributed by atoms with E-state index in [4.69, 9.17) is 10.5 Å². The van der Waals surface area contributed by atoms with Crippen LogP contribution in [0.2, 0.25) is 0 Å². The summed E-state index contributed by atoms with van der Waals surface area (Å²) < 4.78 is 5.06. The quantitative estimate of drug-likeness (QED) is 0.181. The van der Waals surface area contributed by atoms with E-state index in [0.717, 1.165) is 23.3 Å². The van der Waals surface area contributed by atoms with Gasteiger partial charge in [0.05, 0.1) is 0 Å². The number of nitrogens with two attached hydrogens (primary N) is 1. The fourth-order valence-corrected chi connectivity index (χ4v) is 3.05. The number of amides is 6. The molecular formula is C27H32N6O7. The van der Waals surface area contributed by atoms with Crippen LogP contribution >= 0.6 is 0 Å². The largest absolute Gasteiger partial charge is 0.445 e. The number of primary amides is 1. The van der Waals surface area contributed by atoms with Crippen LogP contribution in [-0.2, 0) is 41.9 Å². The van der Waals surface area contributed by atoms with Crippen LogP contribution in [0.1, 0.15) is 25.0 Å².